The van der Waals surface area contributed by atoms with E-state index in [4.69, 9.17) is 0 Å². The van der Waals surface area contributed by atoms with Gasteiger partial charge in [-0.05, 0) is 27.2 Å². The fraction of sp³-hybridized carbons (Fsp3) is 0.667. The summed E-state index contributed by atoms with van der Waals surface area (Å²) < 4.78 is 0. The lowest BCUT2D eigenvalue weighted by atomic mass is 9.85. The summed E-state index contributed by atoms with van der Waals surface area (Å²) in [7, 11) is 0. The van der Waals surface area contributed by atoms with E-state index in [-0.39, 0.29) is 16.9 Å². The maximum absolute atomic E-state index is 12.6. The van der Waals surface area contributed by atoms with Crippen molar-refractivity contribution in [3.05, 3.63) is 23.3 Å². The first-order valence-corrected chi connectivity index (χ1v) is 6.78. The van der Waals surface area contributed by atoms with Gasteiger partial charge in [-0.1, -0.05) is 20.8 Å². The van der Waals surface area contributed by atoms with Gasteiger partial charge in [0, 0.05) is 23.1 Å². The number of nitrogens with zero attached hydrogens (tertiary/aromatic N) is 3. The molecule has 1 aliphatic rings. The second kappa shape index (κ2) is 4.29. The lowest BCUT2D eigenvalue weighted by Crippen LogP contribution is -2.50. The van der Waals surface area contributed by atoms with Crippen LogP contribution in [-0.2, 0) is 11.8 Å². The Kier molecular flexibility index (Phi) is 3.15. The smallest absolute Gasteiger partial charge is 0.273 e. The van der Waals surface area contributed by atoms with Crippen LogP contribution in [0.5, 0.6) is 0 Å². The summed E-state index contributed by atoms with van der Waals surface area (Å²) in [6.07, 6.45) is 2.36. The summed E-state index contributed by atoms with van der Waals surface area (Å²) in [5, 5.41) is 0. The van der Waals surface area contributed by atoms with E-state index in [9.17, 15) is 4.79 Å². The summed E-state index contributed by atoms with van der Waals surface area (Å²) in [5.41, 5.74) is 2.39. The minimum Gasteiger partial charge on any atom is -0.332 e. The van der Waals surface area contributed by atoms with Gasteiger partial charge in [-0.3, -0.25) is 4.79 Å². The van der Waals surface area contributed by atoms with Crippen LogP contribution in [-0.4, -0.2) is 32.9 Å². The zero-order valence-electron chi connectivity index (χ0n) is 12.7. The number of aromatic nitrogens is 2. The van der Waals surface area contributed by atoms with Crippen LogP contribution >= 0.6 is 0 Å². The first-order valence-electron chi connectivity index (χ1n) is 6.78. The van der Waals surface area contributed by atoms with E-state index in [1.807, 2.05) is 4.90 Å². The lowest BCUT2D eigenvalue weighted by molar-refractivity contribution is 0.0552. The predicted octanol–water partition coefficient (Wildman–Crippen LogP) is 2.57. The average Bonchev–Trinajstić information content (AvgIpc) is 2.26. The van der Waals surface area contributed by atoms with Gasteiger partial charge in [0.1, 0.15) is 12.0 Å². The van der Waals surface area contributed by atoms with Crippen LogP contribution in [0.4, 0.5) is 0 Å². The zero-order valence-corrected chi connectivity index (χ0v) is 12.7. The maximum atomic E-state index is 12.6. The number of hydrogen-bond donors (Lipinski definition) is 0. The van der Waals surface area contributed by atoms with Crippen LogP contribution in [0, 0.1) is 0 Å². The molecule has 1 aromatic rings. The highest BCUT2D eigenvalue weighted by Gasteiger charge is 2.35. The normalized spacial score (nSPS) is 16.5. The van der Waals surface area contributed by atoms with Crippen LogP contribution in [0.1, 0.15) is 63.3 Å². The van der Waals surface area contributed by atoms with Crippen molar-refractivity contribution in [2.24, 2.45) is 0 Å². The monoisotopic (exact) mass is 261 g/mol. The van der Waals surface area contributed by atoms with Crippen LogP contribution < -0.4 is 0 Å². The molecule has 0 bridgehead atoms. The van der Waals surface area contributed by atoms with Crippen molar-refractivity contribution in [3.8, 4) is 0 Å². The van der Waals surface area contributed by atoms with E-state index in [0.717, 1.165) is 24.2 Å². The van der Waals surface area contributed by atoms with Crippen molar-refractivity contribution in [2.75, 3.05) is 6.54 Å². The standard InChI is InChI=1S/C15H23N3O/c1-14(2,3)12-10-7-8-18(15(4,5)6)13(19)11(10)16-9-17-12/h9H,7-8H2,1-6H3. The molecule has 0 unspecified atom stereocenters. The highest BCUT2D eigenvalue weighted by Crippen LogP contribution is 2.30. The van der Waals surface area contributed by atoms with Gasteiger partial charge in [0.15, 0.2) is 0 Å². The van der Waals surface area contributed by atoms with Crippen LogP contribution in [0.15, 0.2) is 6.33 Å². The molecule has 104 valence electrons. The Hall–Kier alpha value is -1.45. The minimum absolute atomic E-state index is 0.0293. The predicted molar refractivity (Wildman–Crippen MR) is 75.2 cm³/mol. The summed E-state index contributed by atoms with van der Waals surface area (Å²) in [4.78, 5) is 23.1. The van der Waals surface area contributed by atoms with E-state index in [0.29, 0.717) is 5.69 Å². The summed E-state index contributed by atoms with van der Waals surface area (Å²) in [6.45, 7) is 13.3. The molecule has 19 heavy (non-hydrogen) atoms. The highest BCUT2D eigenvalue weighted by molar-refractivity contribution is 5.95. The van der Waals surface area contributed by atoms with Gasteiger partial charge in [-0.15, -0.1) is 0 Å². The van der Waals surface area contributed by atoms with Gasteiger partial charge in [0.25, 0.3) is 5.91 Å². The average molecular weight is 261 g/mol. The third-order valence-electron chi connectivity index (χ3n) is 3.50. The van der Waals surface area contributed by atoms with Crippen LogP contribution in [0.3, 0.4) is 0 Å². The molecule has 0 aliphatic carbocycles. The molecule has 0 atom stereocenters. The van der Waals surface area contributed by atoms with Crippen molar-refractivity contribution < 1.29 is 4.79 Å². The fourth-order valence-electron chi connectivity index (χ4n) is 2.57. The van der Waals surface area contributed by atoms with Gasteiger partial charge in [-0.25, -0.2) is 9.97 Å². The second-order valence-electron chi connectivity index (χ2n) is 7.18. The largest absolute Gasteiger partial charge is 0.332 e. The molecule has 1 aromatic heterocycles. The molecule has 0 N–H and O–H groups in total. The molecule has 1 aliphatic heterocycles. The molecule has 2 rings (SSSR count). The highest BCUT2D eigenvalue weighted by atomic mass is 16.2. The van der Waals surface area contributed by atoms with Gasteiger partial charge < -0.3 is 4.90 Å². The van der Waals surface area contributed by atoms with Crippen molar-refractivity contribution in [3.63, 3.8) is 0 Å². The third kappa shape index (κ3) is 2.48. The Balaban J connectivity index is 2.50. The molecule has 0 aromatic carbocycles. The van der Waals surface area contributed by atoms with Gasteiger partial charge in [0.05, 0.1) is 5.69 Å². The summed E-state index contributed by atoms with van der Waals surface area (Å²) in [5.74, 6) is 0.0293. The Bertz CT molecular complexity index is 509. The lowest BCUT2D eigenvalue weighted by Gasteiger charge is -2.39. The molecular formula is C15H23N3O. The van der Waals surface area contributed by atoms with Crippen molar-refractivity contribution in [1.29, 1.82) is 0 Å². The van der Waals surface area contributed by atoms with Crippen molar-refractivity contribution in [2.45, 2.75) is 58.9 Å². The minimum atomic E-state index is -0.165. The van der Waals surface area contributed by atoms with Gasteiger partial charge >= 0.3 is 0 Å². The maximum Gasteiger partial charge on any atom is 0.273 e. The molecule has 0 radical (unpaired) electrons. The Morgan fingerprint density at radius 3 is 2.26 bits per heavy atom. The SMILES string of the molecule is CC(C)(C)c1ncnc2c1CCN(C(C)(C)C)C2=O. The molecule has 2 heterocycles. The summed E-state index contributed by atoms with van der Waals surface area (Å²) in [6, 6.07) is 0. The van der Waals surface area contributed by atoms with E-state index in [1.54, 1.807) is 0 Å². The van der Waals surface area contributed by atoms with E-state index >= 15 is 0 Å². The second-order valence-corrected chi connectivity index (χ2v) is 7.18. The molecule has 0 fully saturated rings. The molecule has 1 amide bonds. The van der Waals surface area contributed by atoms with Crippen molar-refractivity contribution >= 4 is 5.91 Å². The zero-order chi connectivity index (χ0) is 14.4. The summed E-state index contributed by atoms with van der Waals surface area (Å²) >= 11 is 0. The molecule has 4 nitrogen and oxygen atoms in total. The van der Waals surface area contributed by atoms with Crippen LogP contribution in [0.25, 0.3) is 0 Å². The van der Waals surface area contributed by atoms with Gasteiger partial charge in [-0.2, -0.15) is 0 Å². The third-order valence-corrected chi connectivity index (χ3v) is 3.50. The molecular weight excluding hydrogens is 238 g/mol. The number of fused-ring (bicyclic) bond motifs is 1. The Morgan fingerprint density at radius 1 is 1.11 bits per heavy atom. The van der Waals surface area contributed by atoms with E-state index in [2.05, 4.69) is 51.5 Å². The number of hydrogen-bond acceptors (Lipinski definition) is 3. The molecule has 0 spiro atoms. The molecule has 0 saturated heterocycles. The number of rotatable bonds is 0. The Morgan fingerprint density at radius 2 is 1.74 bits per heavy atom. The number of carbonyl (C=O) groups is 1. The number of carbonyl (C=O) groups excluding carboxylic acids is 1. The first-order chi connectivity index (χ1) is 8.62. The van der Waals surface area contributed by atoms with Crippen LogP contribution in [0.2, 0.25) is 0 Å². The number of amides is 1. The van der Waals surface area contributed by atoms with Gasteiger partial charge in [0.2, 0.25) is 0 Å². The quantitative estimate of drug-likeness (QED) is 0.721. The Labute approximate surface area is 115 Å². The topological polar surface area (TPSA) is 46.1 Å². The first kappa shape index (κ1) is 14.0. The van der Waals surface area contributed by atoms with E-state index in [1.165, 1.54) is 6.33 Å². The van der Waals surface area contributed by atoms with E-state index < -0.39 is 0 Å². The molecule has 0 saturated carbocycles. The van der Waals surface area contributed by atoms with Crippen molar-refractivity contribution in [1.82, 2.24) is 14.9 Å². The fourth-order valence-corrected chi connectivity index (χ4v) is 2.57. The molecule has 4 heteroatoms.